The van der Waals surface area contributed by atoms with Crippen molar-refractivity contribution in [2.45, 2.75) is 33.2 Å². The number of hydrogen-bond donors (Lipinski definition) is 3. The van der Waals surface area contributed by atoms with Crippen LogP contribution in [0.15, 0.2) is 48.1 Å². The summed E-state index contributed by atoms with van der Waals surface area (Å²) in [6.45, 7) is 4.57. The van der Waals surface area contributed by atoms with Crippen LogP contribution >= 0.6 is 22.9 Å². The van der Waals surface area contributed by atoms with Crippen LogP contribution in [0.1, 0.15) is 38.5 Å². The number of H-pyrrole nitrogens is 1. The largest absolute Gasteiger partial charge is 0.494 e. The normalized spacial score (nSPS) is 11.6. The fraction of sp³-hybridized carbons (Fsp3) is 0.308. The Kier molecular flexibility index (Phi) is 8.86. The van der Waals surface area contributed by atoms with E-state index in [1.807, 2.05) is 50.2 Å². The standard InChI is InChI=1S/C26H29ClN4O4S2/c1-17-12-19(13-18(2)25(17)27)35-10-5-7-21-20-6-3-4-8-22(20)31-23(21)14-30-37(33,34)11-9-29-26(32)24-15-28-16-36-24/h3-4,6,8,12-13,15-16,30-31H,5,7,9-11,14H2,1-2H3,(H,29,32). The molecule has 0 unspecified atom stereocenters. The highest BCUT2D eigenvalue weighted by Crippen LogP contribution is 2.27. The molecular formula is C26H29ClN4O4S2. The molecule has 3 N–H and O–H groups in total. The summed E-state index contributed by atoms with van der Waals surface area (Å²) in [7, 11) is -3.60. The number of para-hydroxylation sites is 1. The summed E-state index contributed by atoms with van der Waals surface area (Å²) >= 11 is 7.45. The summed E-state index contributed by atoms with van der Waals surface area (Å²) in [5, 5.41) is 4.43. The summed E-state index contributed by atoms with van der Waals surface area (Å²) in [5.74, 6) is 0.233. The van der Waals surface area contributed by atoms with Crippen LogP contribution in [0.5, 0.6) is 5.75 Å². The first-order valence-corrected chi connectivity index (χ1v) is 14.8. The minimum absolute atomic E-state index is 0.00656. The van der Waals surface area contributed by atoms with Crippen molar-refractivity contribution in [1.29, 1.82) is 0 Å². The van der Waals surface area contributed by atoms with Gasteiger partial charge in [-0.15, -0.1) is 11.3 Å². The highest BCUT2D eigenvalue weighted by molar-refractivity contribution is 7.89. The Morgan fingerprint density at radius 2 is 1.95 bits per heavy atom. The van der Waals surface area contributed by atoms with E-state index in [1.54, 1.807) is 5.51 Å². The van der Waals surface area contributed by atoms with E-state index in [4.69, 9.17) is 16.3 Å². The number of halogens is 1. The fourth-order valence-corrected chi connectivity index (χ4v) is 5.61. The van der Waals surface area contributed by atoms with E-state index >= 15 is 0 Å². The molecule has 0 aliphatic heterocycles. The van der Waals surface area contributed by atoms with Gasteiger partial charge in [-0.1, -0.05) is 29.8 Å². The molecule has 0 bridgehead atoms. The zero-order valence-corrected chi connectivity index (χ0v) is 23.0. The minimum atomic E-state index is -3.60. The molecular weight excluding hydrogens is 532 g/mol. The van der Waals surface area contributed by atoms with Crippen molar-refractivity contribution >= 4 is 49.8 Å². The molecule has 2 aromatic heterocycles. The summed E-state index contributed by atoms with van der Waals surface area (Å²) in [4.78, 5) is 19.6. The quantitative estimate of drug-likeness (QED) is 0.216. The van der Waals surface area contributed by atoms with Crippen molar-refractivity contribution in [3.05, 3.63) is 80.4 Å². The number of hydrogen-bond acceptors (Lipinski definition) is 6. The second-order valence-electron chi connectivity index (χ2n) is 8.71. The van der Waals surface area contributed by atoms with E-state index in [1.165, 1.54) is 17.5 Å². The molecule has 0 fully saturated rings. The van der Waals surface area contributed by atoms with Crippen LogP contribution in [0.25, 0.3) is 10.9 Å². The number of fused-ring (bicyclic) bond motifs is 1. The fourth-order valence-electron chi connectivity index (χ4n) is 4.09. The molecule has 2 aromatic carbocycles. The average Bonchev–Trinajstić information content (AvgIpc) is 3.52. The first-order valence-electron chi connectivity index (χ1n) is 11.9. The third-order valence-electron chi connectivity index (χ3n) is 5.93. The SMILES string of the molecule is Cc1cc(OCCCc2c(CNS(=O)(=O)CCNC(=O)c3cncs3)[nH]c3ccccc23)cc(C)c1Cl. The number of benzene rings is 2. The van der Waals surface area contributed by atoms with Crippen LogP contribution in [0.2, 0.25) is 5.02 Å². The number of ether oxygens (including phenoxy) is 1. The van der Waals surface area contributed by atoms with Gasteiger partial charge in [0.2, 0.25) is 10.0 Å². The molecule has 0 spiro atoms. The zero-order valence-electron chi connectivity index (χ0n) is 20.6. The van der Waals surface area contributed by atoms with E-state index in [2.05, 4.69) is 20.0 Å². The average molecular weight is 561 g/mol. The van der Waals surface area contributed by atoms with Gasteiger partial charge in [-0.05, 0) is 61.6 Å². The van der Waals surface area contributed by atoms with Crippen molar-refractivity contribution in [3.8, 4) is 5.75 Å². The monoisotopic (exact) mass is 560 g/mol. The topological polar surface area (TPSA) is 113 Å². The van der Waals surface area contributed by atoms with Gasteiger partial charge in [-0.3, -0.25) is 9.78 Å². The molecule has 0 atom stereocenters. The maximum Gasteiger partial charge on any atom is 0.263 e. The molecule has 196 valence electrons. The third-order valence-corrected chi connectivity index (χ3v) is 8.63. The number of nitrogens with one attached hydrogen (secondary N) is 3. The Labute approximate surface area is 225 Å². The number of aromatic amines is 1. The van der Waals surface area contributed by atoms with Gasteiger partial charge in [0.15, 0.2) is 0 Å². The van der Waals surface area contributed by atoms with Crippen LogP contribution in [-0.4, -0.2) is 43.2 Å². The Morgan fingerprint density at radius 1 is 1.19 bits per heavy atom. The maximum absolute atomic E-state index is 12.6. The van der Waals surface area contributed by atoms with E-state index in [0.717, 1.165) is 56.9 Å². The molecule has 0 saturated carbocycles. The zero-order chi connectivity index (χ0) is 26.4. The number of aromatic nitrogens is 2. The molecule has 1 amide bonds. The van der Waals surface area contributed by atoms with E-state index in [0.29, 0.717) is 11.5 Å². The first-order chi connectivity index (χ1) is 17.7. The van der Waals surface area contributed by atoms with E-state index in [-0.39, 0.29) is 24.7 Å². The highest BCUT2D eigenvalue weighted by atomic mass is 35.5. The van der Waals surface area contributed by atoms with Gasteiger partial charge in [0.25, 0.3) is 5.91 Å². The molecule has 8 nitrogen and oxygen atoms in total. The number of sulfonamides is 1. The van der Waals surface area contributed by atoms with Crippen LogP contribution in [0, 0.1) is 13.8 Å². The molecule has 0 saturated heterocycles. The van der Waals surface area contributed by atoms with E-state index < -0.39 is 10.0 Å². The Hall–Kier alpha value is -2.92. The summed E-state index contributed by atoms with van der Waals surface area (Å²) < 4.78 is 33.8. The third kappa shape index (κ3) is 7.10. The molecule has 11 heteroatoms. The molecule has 4 rings (SSSR count). The van der Waals surface area contributed by atoms with Gasteiger partial charge in [0, 0.05) is 28.2 Å². The lowest BCUT2D eigenvalue weighted by Crippen LogP contribution is -2.34. The molecule has 37 heavy (non-hydrogen) atoms. The molecule has 0 aliphatic rings. The molecule has 0 aliphatic carbocycles. The lowest BCUT2D eigenvalue weighted by Gasteiger charge is -2.11. The Balaban J connectivity index is 1.34. The van der Waals surface area contributed by atoms with Gasteiger partial charge in [0.1, 0.15) is 10.6 Å². The number of carbonyl (C=O) groups is 1. The number of carbonyl (C=O) groups excluding carboxylic acids is 1. The smallest absolute Gasteiger partial charge is 0.263 e. The van der Waals surface area contributed by atoms with Crippen LogP contribution in [0.4, 0.5) is 0 Å². The van der Waals surface area contributed by atoms with E-state index in [9.17, 15) is 13.2 Å². The number of amides is 1. The predicted molar refractivity (Wildman–Crippen MR) is 148 cm³/mol. The minimum Gasteiger partial charge on any atom is -0.494 e. The van der Waals surface area contributed by atoms with Crippen molar-refractivity contribution in [1.82, 2.24) is 20.0 Å². The second kappa shape index (κ2) is 12.1. The van der Waals surface area contributed by atoms with Gasteiger partial charge >= 0.3 is 0 Å². The van der Waals surface area contributed by atoms with Crippen molar-refractivity contribution in [2.24, 2.45) is 0 Å². The predicted octanol–water partition coefficient (Wildman–Crippen LogP) is 4.76. The summed E-state index contributed by atoms with van der Waals surface area (Å²) in [6.07, 6.45) is 2.93. The second-order valence-corrected chi connectivity index (χ2v) is 11.9. The summed E-state index contributed by atoms with van der Waals surface area (Å²) in [6, 6.07) is 11.8. The first kappa shape index (κ1) is 27.1. The lowest BCUT2D eigenvalue weighted by atomic mass is 10.1. The Bertz CT molecular complexity index is 1460. The lowest BCUT2D eigenvalue weighted by molar-refractivity contribution is 0.0960. The molecule has 4 aromatic rings. The van der Waals surface area contributed by atoms with Crippen molar-refractivity contribution < 1.29 is 17.9 Å². The summed E-state index contributed by atoms with van der Waals surface area (Å²) in [5.41, 5.74) is 6.34. The van der Waals surface area contributed by atoms with Crippen LogP contribution in [-0.2, 0) is 23.0 Å². The molecule has 2 heterocycles. The number of thiazole rings is 1. The van der Waals surface area contributed by atoms with Crippen molar-refractivity contribution in [3.63, 3.8) is 0 Å². The van der Waals surface area contributed by atoms with Crippen molar-refractivity contribution in [2.75, 3.05) is 18.9 Å². The number of aryl methyl sites for hydroxylation is 3. The maximum atomic E-state index is 12.6. The van der Waals surface area contributed by atoms with Gasteiger partial charge in [-0.2, -0.15) is 0 Å². The number of rotatable bonds is 12. The van der Waals surface area contributed by atoms with Gasteiger partial charge < -0.3 is 15.0 Å². The van der Waals surface area contributed by atoms with Gasteiger partial charge in [-0.25, -0.2) is 13.1 Å². The van der Waals surface area contributed by atoms with Crippen LogP contribution < -0.4 is 14.8 Å². The van der Waals surface area contributed by atoms with Crippen LogP contribution in [0.3, 0.4) is 0 Å². The Morgan fingerprint density at radius 3 is 2.68 bits per heavy atom. The van der Waals surface area contributed by atoms with Gasteiger partial charge in [0.05, 0.1) is 30.6 Å². The molecule has 0 radical (unpaired) electrons. The number of nitrogens with zero attached hydrogens (tertiary/aromatic N) is 1. The highest BCUT2D eigenvalue weighted by Gasteiger charge is 2.16.